The van der Waals surface area contributed by atoms with Crippen molar-refractivity contribution in [3.05, 3.63) is 58.9 Å². The molecule has 1 saturated heterocycles. The van der Waals surface area contributed by atoms with Crippen molar-refractivity contribution in [1.29, 1.82) is 0 Å². The molecule has 0 bridgehead atoms. The summed E-state index contributed by atoms with van der Waals surface area (Å²) in [5, 5.41) is 0. The molecule has 1 spiro atoms. The minimum Gasteiger partial charge on any atom is -0.470 e. The van der Waals surface area contributed by atoms with E-state index in [2.05, 4.69) is 36.5 Å². The van der Waals surface area contributed by atoms with Gasteiger partial charge in [-0.15, -0.1) is 0 Å². The smallest absolute Gasteiger partial charge is 0.210 e. The maximum absolute atomic E-state index is 5.54. The van der Waals surface area contributed by atoms with Crippen LogP contribution < -0.4 is 0 Å². The lowest BCUT2D eigenvalue weighted by molar-refractivity contribution is 0.401. The molecule has 4 rings (SSSR count). The van der Waals surface area contributed by atoms with Crippen molar-refractivity contribution >= 4 is 0 Å². The highest BCUT2D eigenvalue weighted by Gasteiger charge is 2.60. The first-order chi connectivity index (χ1) is 5.90. The van der Waals surface area contributed by atoms with E-state index in [9.17, 15) is 0 Å². The summed E-state index contributed by atoms with van der Waals surface area (Å²) in [6.07, 6.45) is 12.8. The van der Waals surface area contributed by atoms with Gasteiger partial charge in [-0.25, -0.2) is 0 Å². The standard InChI is InChI=1S/C11H6O/c1-2-7-6-11-9(8(7)3-1)4-5-10(11)12-11/h1-6H. The molecule has 1 atom stereocenters. The van der Waals surface area contributed by atoms with Gasteiger partial charge in [-0.05, 0) is 23.3 Å². The highest BCUT2D eigenvalue weighted by molar-refractivity contribution is 5.76. The minimum absolute atomic E-state index is 0.0913. The molecule has 0 amide bonds. The molecule has 1 heteroatoms. The van der Waals surface area contributed by atoms with Gasteiger partial charge in [0.25, 0.3) is 0 Å². The van der Waals surface area contributed by atoms with Gasteiger partial charge in [0.2, 0.25) is 5.60 Å². The molecule has 0 aromatic carbocycles. The van der Waals surface area contributed by atoms with Crippen LogP contribution in [0.1, 0.15) is 0 Å². The summed E-state index contributed by atoms with van der Waals surface area (Å²) in [6, 6.07) is 0. The van der Waals surface area contributed by atoms with Crippen LogP contribution in [0.2, 0.25) is 0 Å². The molecule has 0 radical (unpaired) electrons. The van der Waals surface area contributed by atoms with E-state index < -0.39 is 0 Å². The molecule has 56 valence electrons. The summed E-state index contributed by atoms with van der Waals surface area (Å²) >= 11 is 0. The third-order valence-electron chi connectivity index (χ3n) is 2.90. The van der Waals surface area contributed by atoms with E-state index in [1.165, 1.54) is 16.7 Å². The Labute approximate surface area is 70.0 Å². The zero-order valence-corrected chi connectivity index (χ0v) is 6.37. The molecule has 0 N–H and O–H groups in total. The van der Waals surface area contributed by atoms with Crippen molar-refractivity contribution in [2.75, 3.05) is 0 Å². The summed E-state index contributed by atoms with van der Waals surface area (Å²) in [7, 11) is 0. The van der Waals surface area contributed by atoms with Crippen LogP contribution in [-0.4, -0.2) is 5.60 Å². The van der Waals surface area contributed by atoms with Crippen LogP contribution in [0.4, 0.5) is 0 Å². The fraction of sp³-hybridized carbons (Fsp3) is 0.0909. The second-order valence-corrected chi connectivity index (χ2v) is 3.49. The van der Waals surface area contributed by atoms with Crippen LogP contribution >= 0.6 is 0 Å². The van der Waals surface area contributed by atoms with Crippen LogP contribution in [-0.2, 0) is 4.74 Å². The van der Waals surface area contributed by atoms with Gasteiger partial charge < -0.3 is 4.74 Å². The molecular formula is C11H6O. The summed E-state index contributed by atoms with van der Waals surface area (Å²) in [5.41, 5.74) is 3.91. The molecule has 12 heavy (non-hydrogen) atoms. The molecular weight excluding hydrogens is 148 g/mol. The molecule has 1 unspecified atom stereocenters. The number of hydrogen-bond acceptors (Lipinski definition) is 1. The van der Waals surface area contributed by atoms with Crippen molar-refractivity contribution in [3.63, 3.8) is 0 Å². The Morgan fingerprint density at radius 1 is 1.17 bits per heavy atom. The zero-order valence-electron chi connectivity index (χ0n) is 6.37. The summed E-state index contributed by atoms with van der Waals surface area (Å²) in [6.45, 7) is 0. The summed E-state index contributed by atoms with van der Waals surface area (Å²) in [5.74, 6) is 1.12. The lowest BCUT2D eigenvalue weighted by atomic mass is 10.0. The summed E-state index contributed by atoms with van der Waals surface area (Å²) in [4.78, 5) is 0. The first-order valence-corrected chi connectivity index (χ1v) is 4.14. The van der Waals surface area contributed by atoms with E-state index in [1.807, 2.05) is 0 Å². The molecule has 3 aliphatic carbocycles. The maximum atomic E-state index is 5.54. The van der Waals surface area contributed by atoms with Crippen LogP contribution in [0.25, 0.3) is 0 Å². The molecule has 1 aliphatic heterocycles. The third-order valence-corrected chi connectivity index (χ3v) is 2.90. The highest BCUT2D eigenvalue weighted by Crippen LogP contribution is 2.60. The van der Waals surface area contributed by atoms with Crippen LogP contribution in [0.3, 0.4) is 0 Å². The second-order valence-electron chi connectivity index (χ2n) is 3.49. The average Bonchev–Trinajstić information content (AvgIpc) is 2.45. The monoisotopic (exact) mass is 154 g/mol. The Kier molecular flexibility index (Phi) is 0.539. The van der Waals surface area contributed by atoms with E-state index >= 15 is 0 Å². The first-order valence-electron chi connectivity index (χ1n) is 4.14. The minimum atomic E-state index is -0.0913. The van der Waals surface area contributed by atoms with Crippen molar-refractivity contribution in [2.24, 2.45) is 0 Å². The topological polar surface area (TPSA) is 12.5 Å². The Morgan fingerprint density at radius 3 is 3.08 bits per heavy atom. The van der Waals surface area contributed by atoms with Crippen molar-refractivity contribution in [3.8, 4) is 0 Å². The van der Waals surface area contributed by atoms with Gasteiger partial charge >= 0.3 is 0 Å². The number of allylic oxidation sites excluding steroid dienone is 6. The van der Waals surface area contributed by atoms with Gasteiger partial charge in [-0.2, -0.15) is 0 Å². The lowest BCUT2D eigenvalue weighted by Crippen LogP contribution is -2.02. The van der Waals surface area contributed by atoms with E-state index in [0.717, 1.165) is 5.76 Å². The molecule has 4 aliphatic rings. The number of ether oxygens (including phenoxy) is 1. The van der Waals surface area contributed by atoms with Crippen molar-refractivity contribution in [2.45, 2.75) is 5.60 Å². The molecule has 1 heterocycles. The lowest BCUT2D eigenvalue weighted by Gasteiger charge is -2.00. The Morgan fingerprint density at radius 2 is 2.17 bits per heavy atom. The van der Waals surface area contributed by atoms with Crippen molar-refractivity contribution < 1.29 is 4.74 Å². The van der Waals surface area contributed by atoms with E-state index in [0.29, 0.717) is 0 Å². The SMILES string of the molecule is C1=CC2=CC34OC3=CC=C4C2=C1. The third kappa shape index (κ3) is 0.340. The van der Waals surface area contributed by atoms with Gasteiger partial charge in [0.15, 0.2) is 5.76 Å². The second kappa shape index (κ2) is 1.24. The van der Waals surface area contributed by atoms with E-state index in [4.69, 9.17) is 4.74 Å². The number of hydrogen-bond donors (Lipinski definition) is 0. The average molecular weight is 154 g/mol. The number of fused-ring (bicyclic) bond motifs is 2. The fourth-order valence-electron chi connectivity index (χ4n) is 2.27. The van der Waals surface area contributed by atoms with Gasteiger partial charge in [0, 0.05) is 5.57 Å². The summed E-state index contributed by atoms with van der Waals surface area (Å²) < 4.78 is 5.54. The normalized spacial score (nSPS) is 37.3. The van der Waals surface area contributed by atoms with Gasteiger partial charge in [-0.3, -0.25) is 0 Å². The van der Waals surface area contributed by atoms with Gasteiger partial charge in [-0.1, -0.05) is 24.3 Å². The highest BCUT2D eigenvalue weighted by atomic mass is 16.6. The number of rotatable bonds is 0. The molecule has 0 aromatic rings. The van der Waals surface area contributed by atoms with Gasteiger partial charge in [0.05, 0.1) is 0 Å². The molecule has 0 saturated carbocycles. The Bertz CT molecular complexity index is 457. The predicted octanol–water partition coefficient (Wildman–Crippen LogP) is 2.02. The largest absolute Gasteiger partial charge is 0.470 e. The van der Waals surface area contributed by atoms with Gasteiger partial charge in [0.1, 0.15) is 0 Å². The quantitative estimate of drug-likeness (QED) is 0.486. The molecule has 0 aromatic heterocycles. The molecule has 1 nitrogen and oxygen atoms in total. The van der Waals surface area contributed by atoms with Crippen LogP contribution in [0.15, 0.2) is 58.9 Å². The maximum Gasteiger partial charge on any atom is 0.210 e. The zero-order chi connectivity index (χ0) is 7.76. The number of epoxide rings is 1. The van der Waals surface area contributed by atoms with E-state index in [1.54, 1.807) is 0 Å². The first kappa shape index (κ1) is 5.20. The fourth-order valence-corrected chi connectivity index (χ4v) is 2.27. The van der Waals surface area contributed by atoms with Crippen LogP contribution in [0.5, 0.6) is 0 Å². The molecule has 1 fully saturated rings. The van der Waals surface area contributed by atoms with Crippen molar-refractivity contribution in [1.82, 2.24) is 0 Å². The predicted molar refractivity (Wildman–Crippen MR) is 45.3 cm³/mol. The Hall–Kier alpha value is -1.50. The van der Waals surface area contributed by atoms with E-state index in [-0.39, 0.29) is 5.60 Å². The Balaban J connectivity index is 2.08. The van der Waals surface area contributed by atoms with Crippen LogP contribution in [0, 0.1) is 0 Å².